The molecule has 0 aliphatic carbocycles. The molecule has 1 N–H and O–H groups in total. The van der Waals surface area contributed by atoms with Gasteiger partial charge >= 0.3 is 0 Å². The van der Waals surface area contributed by atoms with Gasteiger partial charge in [0.1, 0.15) is 5.69 Å². The topological polar surface area (TPSA) is 116 Å². The first-order chi connectivity index (χ1) is 14.6. The Morgan fingerprint density at radius 3 is 2.70 bits per heavy atom. The van der Waals surface area contributed by atoms with Crippen LogP contribution in [0.25, 0.3) is 16.5 Å². The van der Waals surface area contributed by atoms with Gasteiger partial charge in [0, 0.05) is 23.6 Å². The van der Waals surface area contributed by atoms with Crippen molar-refractivity contribution >= 4 is 39.8 Å². The zero-order valence-corrected chi connectivity index (χ0v) is 16.5. The Kier molecular flexibility index (Phi) is 5.66. The fraction of sp³-hybridized carbons (Fsp3) is 0.100. The van der Waals surface area contributed by atoms with Gasteiger partial charge in [0.25, 0.3) is 5.69 Å². The molecule has 9 nitrogen and oxygen atoms in total. The largest absolute Gasteiger partial charge is 0.320 e. The number of tetrazole rings is 1. The number of nitrogens with one attached hydrogen (secondary N) is 1. The van der Waals surface area contributed by atoms with Crippen molar-refractivity contribution in [1.29, 1.82) is 0 Å². The van der Waals surface area contributed by atoms with Crippen molar-refractivity contribution in [2.45, 2.75) is 11.6 Å². The van der Waals surface area contributed by atoms with Crippen molar-refractivity contribution in [3.63, 3.8) is 0 Å². The van der Waals surface area contributed by atoms with E-state index in [-0.39, 0.29) is 23.7 Å². The fourth-order valence-corrected chi connectivity index (χ4v) is 3.82. The number of thioether (sulfide) groups is 1. The molecule has 1 heterocycles. The van der Waals surface area contributed by atoms with Crippen LogP contribution in [0.2, 0.25) is 0 Å². The molecule has 0 unspecified atom stereocenters. The van der Waals surface area contributed by atoms with Gasteiger partial charge < -0.3 is 5.32 Å². The first-order valence-electron chi connectivity index (χ1n) is 9.06. The number of nitrogens with zero attached hydrogens (tertiary/aromatic N) is 5. The lowest BCUT2D eigenvalue weighted by Crippen LogP contribution is -2.13. The predicted molar refractivity (Wildman–Crippen MR) is 114 cm³/mol. The second-order valence-corrected chi connectivity index (χ2v) is 7.35. The number of aromatic nitrogens is 4. The van der Waals surface area contributed by atoms with Gasteiger partial charge in [-0.3, -0.25) is 14.9 Å². The number of para-hydroxylation sites is 2. The van der Waals surface area contributed by atoms with E-state index in [2.05, 4.69) is 20.8 Å². The minimum Gasteiger partial charge on any atom is -0.320 e. The van der Waals surface area contributed by atoms with E-state index in [9.17, 15) is 14.9 Å². The van der Waals surface area contributed by atoms with Crippen molar-refractivity contribution in [3.05, 3.63) is 76.8 Å². The number of hydrogen-bond acceptors (Lipinski definition) is 7. The lowest BCUT2D eigenvalue weighted by Gasteiger charge is -2.08. The average Bonchev–Trinajstić information content (AvgIpc) is 3.22. The Hall–Kier alpha value is -3.79. The van der Waals surface area contributed by atoms with E-state index in [1.54, 1.807) is 16.8 Å². The van der Waals surface area contributed by atoms with E-state index in [4.69, 9.17) is 0 Å². The third-order valence-corrected chi connectivity index (χ3v) is 5.29. The second-order valence-electron chi connectivity index (χ2n) is 6.29. The van der Waals surface area contributed by atoms with Crippen LogP contribution in [0.1, 0.15) is 6.42 Å². The number of carbonyl (C=O) groups excluding carboxylic acids is 1. The molecule has 150 valence electrons. The Balaban J connectivity index is 1.43. The molecule has 0 bridgehead atoms. The number of benzene rings is 3. The van der Waals surface area contributed by atoms with E-state index < -0.39 is 4.92 Å². The normalized spacial score (nSPS) is 10.8. The van der Waals surface area contributed by atoms with Crippen LogP contribution >= 0.6 is 11.8 Å². The number of nitro benzene ring substituents is 1. The summed E-state index contributed by atoms with van der Waals surface area (Å²) in [6, 6.07) is 19.9. The van der Waals surface area contributed by atoms with Crippen molar-refractivity contribution in [3.8, 4) is 5.69 Å². The zero-order valence-electron chi connectivity index (χ0n) is 15.6. The summed E-state index contributed by atoms with van der Waals surface area (Å²) in [5.74, 6) is 0.0958. The molecule has 4 rings (SSSR count). The molecule has 0 radical (unpaired) electrons. The van der Waals surface area contributed by atoms with Crippen LogP contribution < -0.4 is 5.32 Å². The summed E-state index contributed by atoms with van der Waals surface area (Å²) in [5, 5.41) is 28.2. The maximum atomic E-state index is 12.2. The Morgan fingerprint density at radius 2 is 1.83 bits per heavy atom. The summed E-state index contributed by atoms with van der Waals surface area (Å²) in [7, 11) is 0. The maximum absolute atomic E-state index is 12.2. The average molecular weight is 420 g/mol. The fourth-order valence-electron chi connectivity index (χ4n) is 3.00. The summed E-state index contributed by atoms with van der Waals surface area (Å²) >= 11 is 1.34. The second kappa shape index (κ2) is 8.70. The quantitative estimate of drug-likeness (QED) is 0.274. The number of carbonyl (C=O) groups is 1. The highest BCUT2D eigenvalue weighted by Crippen LogP contribution is 2.26. The van der Waals surface area contributed by atoms with Gasteiger partial charge in [-0.15, -0.1) is 5.10 Å². The Bertz CT molecular complexity index is 1220. The number of anilines is 1. The molecule has 0 fully saturated rings. The van der Waals surface area contributed by atoms with Gasteiger partial charge in [-0.1, -0.05) is 60.3 Å². The van der Waals surface area contributed by atoms with E-state index >= 15 is 0 Å². The predicted octanol–water partition coefficient (Wildman–Crippen LogP) is 3.84. The first-order valence-corrected chi connectivity index (χ1v) is 10.0. The van der Waals surface area contributed by atoms with Crippen LogP contribution in [0.4, 0.5) is 11.4 Å². The lowest BCUT2D eigenvalue weighted by atomic mass is 10.1. The minimum absolute atomic E-state index is 0.140. The molecule has 1 amide bonds. The molecule has 10 heteroatoms. The molecule has 0 atom stereocenters. The molecule has 1 aromatic heterocycles. The van der Waals surface area contributed by atoms with E-state index in [1.165, 1.54) is 23.9 Å². The third kappa shape index (κ3) is 4.13. The van der Waals surface area contributed by atoms with Crippen molar-refractivity contribution in [1.82, 2.24) is 20.2 Å². The van der Waals surface area contributed by atoms with Gasteiger partial charge in [-0.05, 0) is 27.9 Å². The number of amides is 1. The summed E-state index contributed by atoms with van der Waals surface area (Å²) in [6.07, 6.45) is 0.152. The molecule has 0 spiro atoms. The number of nitro groups is 1. The summed E-state index contributed by atoms with van der Waals surface area (Å²) in [4.78, 5) is 22.8. The van der Waals surface area contributed by atoms with Crippen LogP contribution in [0, 0.1) is 10.1 Å². The van der Waals surface area contributed by atoms with Gasteiger partial charge in [0.15, 0.2) is 0 Å². The molecular formula is C20H16N6O3S. The molecule has 0 aliphatic heterocycles. The van der Waals surface area contributed by atoms with Crippen LogP contribution in [-0.4, -0.2) is 36.8 Å². The standard InChI is InChI=1S/C20H16N6O3S/c27-19(21-16-9-3-4-10-18(16)26(28)29)12-13-30-20-22-23-24-25(20)17-11-5-7-14-6-1-2-8-15(14)17/h1-11H,12-13H2,(H,21,27). The number of hydrogen-bond donors (Lipinski definition) is 1. The van der Waals surface area contributed by atoms with Gasteiger partial charge in [0.2, 0.25) is 11.1 Å². The molecule has 0 aliphatic rings. The van der Waals surface area contributed by atoms with Gasteiger partial charge in [-0.2, -0.15) is 4.68 Å². The molecular weight excluding hydrogens is 404 g/mol. The van der Waals surface area contributed by atoms with Crippen molar-refractivity contribution < 1.29 is 9.72 Å². The first kappa shape index (κ1) is 19.5. The van der Waals surface area contributed by atoms with Crippen molar-refractivity contribution in [2.24, 2.45) is 0 Å². The molecule has 0 saturated heterocycles. The lowest BCUT2D eigenvalue weighted by molar-refractivity contribution is -0.383. The summed E-state index contributed by atoms with van der Waals surface area (Å²) in [5.41, 5.74) is 0.890. The van der Waals surface area contributed by atoms with E-state index in [0.717, 1.165) is 16.5 Å². The highest BCUT2D eigenvalue weighted by Gasteiger charge is 2.16. The minimum atomic E-state index is -0.525. The van der Waals surface area contributed by atoms with Gasteiger partial charge in [-0.25, -0.2) is 0 Å². The molecule has 3 aromatic carbocycles. The number of rotatable bonds is 7. The third-order valence-electron chi connectivity index (χ3n) is 4.37. The smallest absolute Gasteiger partial charge is 0.292 e. The van der Waals surface area contributed by atoms with Gasteiger partial charge in [0.05, 0.1) is 10.6 Å². The Labute approximate surface area is 175 Å². The zero-order chi connectivity index (χ0) is 20.9. The Morgan fingerprint density at radius 1 is 1.07 bits per heavy atom. The SMILES string of the molecule is O=C(CCSc1nnnn1-c1cccc2ccccc12)Nc1ccccc1[N+](=O)[O-]. The summed E-state index contributed by atoms with van der Waals surface area (Å²) in [6.45, 7) is 0. The van der Waals surface area contributed by atoms with Crippen molar-refractivity contribution in [2.75, 3.05) is 11.1 Å². The van der Waals surface area contributed by atoms with Crippen LogP contribution in [0.15, 0.2) is 71.9 Å². The monoisotopic (exact) mass is 420 g/mol. The molecule has 0 saturated carbocycles. The van der Waals surface area contributed by atoms with E-state index in [1.807, 2.05) is 42.5 Å². The van der Waals surface area contributed by atoms with Crippen LogP contribution in [0.5, 0.6) is 0 Å². The molecule has 4 aromatic rings. The van der Waals surface area contributed by atoms with Crippen LogP contribution in [-0.2, 0) is 4.79 Å². The summed E-state index contributed by atoms with van der Waals surface area (Å²) < 4.78 is 1.65. The molecule has 30 heavy (non-hydrogen) atoms. The van der Waals surface area contributed by atoms with E-state index in [0.29, 0.717) is 10.9 Å². The maximum Gasteiger partial charge on any atom is 0.292 e. The highest BCUT2D eigenvalue weighted by molar-refractivity contribution is 7.99. The number of fused-ring (bicyclic) bond motifs is 1. The van der Waals surface area contributed by atoms with Crippen LogP contribution in [0.3, 0.4) is 0 Å². The highest BCUT2D eigenvalue weighted by atomic mass is 32.2.